The SMILES string of the molecule is O=C1NC2=CC=CC(=O)C2C(=O)O1. The molecular formula is C8H5NO4. The van der Waals surface area contributed by atoms with Crippen LogP contribution in [0.15, 0.2) is 23.9 Å². The van der Waals surface area contributed by atoms with E-state index in [0.717, 1.165) is 0 Å². The molecule has 2 aliphatic rings. The minimum atomic E-state index is -0.984. The van der Waals surface area contributed by atoms with E-state index in [-0.39, 0.29) is 11.5 Å². The number of amides is 1. The van der Waals surface area contributed by atoms with Gasteiger partial charge in [-0.1, -0.05) is 6.08 Å². The first-order chi connectivity index (χ1) is 6.18. The molecule has 2 rings (SSSR count). The highest BCUT2D eigenvalue weighted by Gasteiger charge is 2.38. The number of alkyl carbamates (subject to hydrolysis) is 1. The van der Waals surface area contributed by atoms with Gasteiger partial charge in [-0.05, 0) is 12.2 Å². The van der Waals surface area contributed by atoms with Crippen molar-refractivity contribution >= 4 is 17.8 Å². The maximum atomic E-state index is 11.2. The van der Waals surface area contributed by atoms with Crippen molar-refractivity contribution in [3.63, 3.8) is 0 Å². The van der Waals surface area contributed by atoms with Crippen molar-refractivity contribution in [1.82, 2.24) is 5.32 Å². The van der Waals surface area contributed by atoms with Gasteiger partial charge in [0.25, 0.3) is 0 Å². The molecule has 0 spiro atoms. The monoisotopic (exact) mass is 179 g/mol. The number of ketones is 1. The highest BCUT2D eigenvalue weighted by molar-refractivity contribution is 6.12. The summed E-state index contributed by atoms with van der Waals surface area (Å²) in [6.07, 6.45) is 3.42. The average Bonchev–Trinajstić information content (AvgIpc) is 2.02. The molecule has 66 valence electrons. The zero-order valence-corrected chi connectivity index (χ0v) is 6.44. The van der Waals surface area contributed by atoms with Crippen LogP contribution in [0.2, 0.25) is 0 Å². The van der Waals surface area contributed by atoms with Crippen molar-refractivity contribution in [2.75, 3.05) is 0 Å². The quantitative estimate of drug-likeness (QED) is 0.416. The molecule has 0 aromatic heterocycles. The van der Waals surface area contributed by atoms with Crippen LogP contribution in [0.3, 0.4) is 0 Å². The van der Waals surface area contributed by atoms with Gasteiger partial charge >= 0.3 is 12.1 Å². The molecule has 1 aliphatic heterocycles. The van der Waals surface area contributed by atoms with Crippen LogP contribution in [-0.2, 0) is 14.3 Å². The predicted molar refractivity (Wildman–Crippen MR) is 40.3 cm³/mol. The molecule has 1 heterocycles. The summed E-state index contributed by atoms with van der Waals surface area (Å²) in [5.74, 6) is -2.17. The minimum absolute atomic E-state index is 0.286. The van der Waals surface area contributed by atoms with Gasteiger partial charge in [-0.2, -0.15) is 0 Å². The number of rotatable bonds is 0. The van der Waals surface area contributed by atoms with Crippen LogP contribution in [0, 0.1) is 5.92 Å². The van der Waals surface area contributed by atoms with Gasteiger partial charge in [0.05, 0.1) is 0 Å². The topological polar surface area (TPSA) is 72.5 Å². The Morgan fingerprint density at radius 2 is 2.08 bits per heavy atom. The summed E-state index contributed by atoms with van der Waals surface area (Å²) in [5, 5.41) is 2.29. The van der Waals surface area contributed by atoms with Gasteiger partial charge in [0, 0.05) is 5.70 Å². The van der Waals surface area contributed by atoms with Crippen molar-refractivity contribution in [2.45, 2.75) is 0 Å². The number of ether oxygens (including phenoxy) is 1. The van der Waals surface area contributed by atoms with Crippen molar-refractivity contribution in [1.29, 1.82) is 0 Å². The fourth-order valence-corrected chi connectivity index (χ4v) is 1.24. The van der Waals surface area contributed by atoms with Gasteiger partial charge in [0.2, 0.25) is 0 Å². The number of hydrogen-bond donors (Lipinski definition) is 1. The lowest BCUT2D eigenvalue weighted by atomic mass is 9.95. The summed E-state index contributed by atoms with van der Waals surface area (Å²) in [6.45, 7) is 0. The molecule has 1 amide bonds. The summed E-state index contributed by atoms with van der Waals surface area (Å²) in [6, 6.07) is 0. The van der Waals surface area contributed by atoms with E-state index in [2.05, 4.69) is 10.1 Å². The average molecular weight is 179 g/mol. The van der Waals surface area contributed by atoms with E-state index in [1.54, 1.807) is 0 Å². The number of esters is 1. The van der Waals surface area contributed by atoms with Gasteiger partial charge in [-0.15, -0.1) is 0 Å². The smallest absolute Gasteiger partial charge is 0.375 e. The van der Waals surface area contributed by atoms with Crippen LogP contribution in [0.1, 0.15) is 0 Å². The molecule has 5 heteroatoms. The van der Waals surface area contributed by atoms with Crippen LogP contribution in [-0.4, -0.2) is 17.8 Å². The molecule has 1 saturated heterocycles. The Balaban J connectivity index is 2.39. The third kappa shape index (κ3) is 1.14. The van der Waals surface area contributed by atoms with E-state index in [1.807, 2.05) is 0 Å². The highest BCUT2D eigenvalue weighted by Crippen LogP contribution is 2.20. The summed E-state index contributed by atoms with van der Waals surface area (Å²) in [4.78, 5) is 32.9. The van der Waals surface area contributed by atoms with Crippen LogP contribution < -0.4 is 5.32 Å². The second-order valence-electron chi connectivity index (χ2n) is 2.65. The van der Waals surface area contributed by atoms with E-state index in [1.165, 1.54) is 18.2 Å². The lowest BCUT2D eigenvalue weighted by Crippen LogP contribution is -2.44. The molecule has 1 aliphatic carbocycles. The molecule has 0 bridgehead atoms. The van der Waals surface area contributed by atoms with E-state index in [4.69, 9.17) is 0 Å². The number of carbonyl (C=O) groups excluding carboxylic acids is 3. The Morgan fingerprint density at radius 3 is 2.85 bits per heavy atom. The molecule has 1 unspecified atom stereocenters. The van der Waals surface area contributed by atoms with Gasteiger partial charge in [0.15, 0.2) is 11.7 Å². The Hall–Kier alpha value is -1.91. The first kappa shape index (κ1) is 7.72. The van der Waals surface area contributed by atoms with Crippen LogP contribution in [0.5, 0.6) is 0 Å². The summed E-state index contributed by atoms with van der Waals surface area (Å²) in [7, 11) is 0. The first-order valence-electron chi connectivity index (χ1n) is 3.63. The van der Waals surface area contributed by atoms with Crippen molar-refractivity contribution in [2.24, 2.45) is 5.92 Å². The summed E-state index contributed by atoms with van der Waals surface area (Å²) >= 11 is 0. The number of fused-ring (bicyclic) bond motifs is 1. The molecule has 0 aromatic rings. The molecule has 1 fully saturated rings. The van der Waals surface area contributed by atoms with Gasteiger partial charge in [0.1, 0.15) is 0 Å². The Morgan fingerprint density at radius 1 is 1.31 bits per heavy atom. The van der Waals surface area contributed by atoms with Gasteiger partial charge in [-0.25, -0.2) is 4.79 Å². The Labute approximate surface area is 73.1 Å². The summed E-state index contributed by atoms with van der Waals surface area (Å²) < 4.78 is 4.24. The lowest BCUT2D eigenvalue weighted by Gasteiger charge is -2.23. The van der Waals surface area contributed by atoms with Crippen molar-refractivity contribution < 1.29 is 19.1 Å². The standard InChI is InChI=1S/C8H5NO4/c10-5-3-1-2-4-6(5)7(11)13-8(12)9-4/h1-3,6H,(H,9,12). The molecule has 5 nitrogen and oxygen atoms in total. The molecule has 0 radical (unpaired) electrons. The number of hydrogen-bond acceptors (Lipinski definition) is 4. The van der Waals surface area contributed by atoms with Crippen molar-refractivity contribution in [3.8, 4) is 0 Å². The number of cyclic esters (lactones) is 2. The molecule has 0 saturated carbocycles. The number of allylic oxidation sites excluding steroid dienone is 3. The third-order valence-electron chi connectivity index (χ3n) is 1.81. The second-order valence-corrected chi connectivity index (χ2v) is 2.65. The van der Waals surface area contributed by atoms with Crippen LogP contribution in [0.4, 0.5) is 4.79 Å². The number of nitrogens with one attached hydrogen (secondary N) is 1. The highest BCUT2D eigenvalue weighted by atomic mass is 16.6. The summed E-state index contributed by atoms with van der Waals surface area (Å²) in [5.41, 5.74) is 0.286. The minimum Gasteiger partial charge on any atom is -0.375 e. The predicted octanol–water partition coefficient (Wildman–Crippen LogP) is -0.108. The zero-order valence-electron chi connectivity index (χ0n) is 6.44. The Kier molecular flexibility index (Phi) is 1.51. The molecule has 1 N–H and O–H groups in total. The van der Waals surface area contributed by atoms with Crippen molar-refractivity contribution in [3.05, 3.63) is 23.9 Å². The van der Waals surface area contributed by atoms with E-state index in [0.29, 0.717) is 0 Å². The Bertz CT molecular complexity index is 366. The lowest BCUT2D eigenvalue weighted by molar-refractivity contribution is -0.145. The largest absolute Gasteiger partial charge is 0.419 e. The number of carbonyl (C=O) groups is 3. The normalized spacial score (nSPS) is 26.0. The fraction of sp³-hybridized carbons (Fsp3) is 0.125. The molecule has 13 heavy (non-hydrogen) atoms. The van der Waals surface area contributed by atoms with Gasteiger partial charge in [-0.3, -0.25) is 14.9 Å². The first-order valence-corrected chi connectivity index (χ1v) is 3.63. The third-order valence-corrected chi connectivity index (χ3v) is 1.81. The second kappa shape index (κ2) is 2.55. The van der Waals surface area contributed by atoms with E-state index >= 15 is 0 Å². The van der Waals surface area contributed by atoms with Gasteiger partial charge < -0.3 is 4.74 Å². The fourth-order valence-electron chi connectivity index (χ4n) is 1.24. The van der Waals surface area contributed by atoms with E-state index < -0.39 is 18.0 Å². The zero-order chi connectivity index (χ0) is 9.42. The maximum absolute atomic E-state index is 11.2. The van der Waals surface area contributed by atoms with E-state index in [9.17, 15) is 14.4 Å². The van der Waals surface area contributed by atoms with Crippen LogP contribution in [0.25, 0.3) is 0 Å². The molecule has 1 atom stereocenters. The van der Waals surface area contributed by atoms with Crippen LogP contribution >= 0.6 is 0 Å². The molecular weight excluding hydrogens is 174 g/mol. The maximum Gasteiger partial charge on any atom is 0.419 e. The molecule has 0 aromatic carbocycles.